The topological polar surface area (TPSA) is 115 Å². The van der Waals surface area contributed by atoms with Crippen LogP contribution in [0.25, 0.3) is 0 Å². The summed E-state index contributed by atoms with van der Waals surface area (Å²) in [7, 11) is 0. The van der Waals surface area contributed by atoms with Gasteiger partial charge in [0.25, 0.3) is 0 Å². The van der Waals surface area contributed by atoms with Crippen LogP contribution in [0.2, 0.25) is 0 Å². The van der Waals surface area contributed by atoms with Gasteiger partial charge in [-0.1, -0.05) is 24.3 Å². The average Bonchev–Trinajstić information content (AvgIpc) is 2.63. The Morgan fingerprint density at radius 2 is 1.04 bits per heavy atom. The molecule has 2 aromatic rings. The van der Waals surface area contributed by atoms with Crippen LogP contribution in [0, 0.1) is 0 Å². The quantitative estimate of drug-likeness (QED) is 0.859. The van der Waals surface area contributed by atoms with Gasteiger partial charge < -0.3 is 20.0 Å². The summed E-state index contributed by atoms with van der Waals surface area (Å²) in [5.74, 6) is -3.42. The molecule has 0 aromatic heterocycles. The molecule has 8 heteroatoms. The van der Waals surface area contributed by atoms with Gasteiger partial charge in [0.1, 0.15) is 13.1 Å². The third-order valence-electron chi connectivity index (χ3n) is 4.04. The maximum absolute atomic E-state index is 12.6. The Labute approximate surface area is 147 Å². The van der Waals surface area contributed by atoms with E-state index in [2.05, 4.69) is 0 Å². The van der Waals surface area contributed by atoms with E-state index in [1.54, 1.807) is 12.1 Å². The molecule has 1 heterocycles. The van der Waals surface area contributed by atoms with Crippen molar-refractivity contribution in [1.82, 2.24) is 0 Å². The Hall–Kier alpha value is -3.68. The second-order valence-electron chi connectivity index (χ2n) is 5.60. The number of carbonyl (C=O) groups excluding carboxylic acids is 2. The highest BCUT2D eigenvalue weighted by atomic mass is 16.4. The summed E-state index contributed by atoms with van der Waals surface area (Å²) >= 11 is 0. The number of amides is 2. The normalized spacial score (nSPS) is 14.5. The molecule has 1 aliphatic heterocycles. The van der Waals surface area contributed by atoms with Gasteiger partial charge in [0.2, 0.25) is 11.8 Å². The summed E-state index contributed by atoms with van der Waals surface area (Å²) < 4.78 is 0. The molecule has 0 unspecified atom stereocenters. The third-order valence-corrected chi connectivity index (χ3v) is 4.04. The molecule has 0 spiro atoms. The SMILES string of the molecule is O=C(O)c1ccccc1N1CC(=O)N(c2ccccc2C(=O)O)CC1=O. The van der Waals surface area contributed by atoms with Gasteiger partial charge in [-0.3, -0.25) is 9.59 Å². The van der Waals surface area contributed by atoms with Crippen molar-refractivity contribution in [2.45, 2.75) is 0 Å². The van der Waals surface area contributed by atoms with E-state index in [0.717, 1.165) is 9.80 Å². The summed E-state index contributed by atoms with van der Waals surface area (Å²) in [4.78, 5) is 50.1. The first kappa shape index (κ1) is 17.2. The number of para-hydroxylation sites is 2. The molecule has 0 aliphatic carbocycles. The van der Waals surface area contributed by atoms with Gasteiger partial charge in [-0.2, -0.15) is 0 Å². The molecule has 3 rings (SSSR count). The van der Waals surface area contributed by atoms with Crippen molar-refractivity contribution >= 4 is 35.1 Å². The predicted octanol–water partition coefficient (Wildman–Crippen LogP) is 1.46. The smallest absolute Gasteiger partial charge is 0.337 e. The summed E-state index contributed by atoms with van der Waals surface area (Å²) in [5.41, 5.74) is 0.0788. The predicted molar refractivity (Wildman–Crippen MR) is 91.5 cm³/mol. The van der Waals surface area contributed by atoms with Crippen LogP contribution in [-0.4, -0.2) is 47.1 Å². The number of nitrogens with zero attached hydrogens (tertiary/aromatic N) is 2. The van der Waals surface area contributed by atoms with Crippen LogP contribution in [0.3, 0.4) is 0 Å². The first-order valence-electron chi connectivity index (χ1n) is 7.65. The van der Waals surface area contributed by atoms with E-state index in [-0.39, 0.29) is 35.6 Å². The van der Waals surface area contributed by atoms with Crippen LogP contribution < -0.4 is 9.80 Å². The van der Waals surface area contributed by atoms with Gasteiger partial charge in [0, 0.05) is 0 Å². The number of carboxylic acids is 2. The van der Waals surface area contributed by atoms with Gasteiger partial charge in [0.05, 0.1) is 22.5 Å². The number of hydrogen-bond donors (Lipinski definition) is 2. The molecule has 1 aliphatic rings. The molecule has 1 saturated heterocycles. The molecular weight excluding hydrogens is 340 g/mol. The van der Waals surface area contributed by atoms with Crippen molar-refractivity contribution in [3.8, 4) is 0 Å². The zero-order chi connectivity index (χ0) is 18.8. The largest absolute Gasteiger partial charge is 0.478 e. The number of carboxylic acid groups (broad SMARTS) is 2. The van der Waals surface area contributed by atoms with Gasteiger partial charge in [-0.05, 0) is 24.3 Å². The Bertz CT molecular complexity index is 848. The Morgan fingerprint density at radius 1 is 0.692 bits per heavy atom. The van der Waals surface area contributed by atoms with Crippen LogP contribution in [0.4, 0.5) is 11.4 Å². The molecule has 2 amide bonds. The Balaban J connectivity index is 1.95. The van der Waals surface area contributed by atoms with E-state index in [1.807, 2.05) is 0 Å². The van der Waals surface area contributed by atoms with E-state index in [9.17, 15) is 29.4 Å². The zero-order valence-corrected chi connectivity index (χ0v) is 13.5. The number of carbonyl (C=O) groups is 4. The fraction of sp³-hybridized carbons (Fsp3) is 0.111. The lowest BCUT2D eigenvalue weighted by molar-refractivity contribution is -0.125. The van der Waals surface area contributed by atoms with Crippen LogP contribution in [0.1, 0.15) is 20.7 Å². The summed E-state index contributed by atoms with van der Waals surface area (Å²) in [5, 5.41) is 18.6. The number of hydrogen-bond acceptors (Lipinski definition) is 4. The van der Waals surface area contributed by atoms with Crippen LogP contribution in [0.15, 0.2) is 48.5 Å². The van der Waals surface area contributed by atoms with Gasteiger partial charge in [-0.25, -0.2) is 9.59 Å². The molecule has 2 N–H and O–H groups in total. The second-order valence-corrected chi connectivity index (χ2v) is 5.60. The van der Waals surface area contributed by atoms with Crippen LogP contribution in [0.5, 0.6) is 0 Å². The molecular formula is C18H14N2O6. The molecule has 132 valence electrons. The lowest BCUT2D eigenvalue weighted by atomic mass is 10.1. The van der Waals surface area contributed by atoms with Gasteiger partial charge in [-0.15, -0.1) is 0 Å². The summed E-state index contributed by atoms with van der Waals surface area (Å²) in [6, 6.07) is 11.8. The Kier molecular flexibility index (Phi) is 4.40. The fourth-order valence-electron chi connectivity index (χ4n) is 2.84. The fourth-order valence-corrected chi connectivity index (χ4v) is 2.84. The van der Waals surface area contributed by atoms with Crippen molar-refractivity contribution in [2.24, 2.45) is 0 Å². The van der Waals surface area contributed by atoms with Crippen molar-refractivity contribution in [3.63, 3.8) is 0 Å². The number of piperazine rings is 1. The lowest BCUT2D eigenvalue weighted by Crippen LogP contribution is -2.54. The van der Waals surface area contributed by atoms with Crippen LogP contribution in [-0.2, 0) is 9.59 Å². The maximum atomic E-state index is 12.6. The third kappa shape index (κ3) is 3.00. The van der Waals surface area contributed by atoms with Crippen molar-refractivity contribution < 1.29 is 29.4 Å². The maximum Gasteiger partial charge on any atom is 0.337 e. The van der Waals surface area contributed by atoms with E-state index >= 15 is 0 Å². The molecule has 0 bridgehead atoms. The van der Waals surface area contributed by atoms with E-state index < -0.39 is 23.8 Å². The molecule has 8 nitrogen and oxygen atoms in total. The lowest BCUT2D eigenvalue weighted by Gasteiger charge is -2.34. The molecule has 26 heavy (non-hydrogen) atoms. The number of anilines is 2. The van der Waals surface area contributed by atoms with Crippen molar-refractivity contribution in [3.05, 3.63) is 59.7 Å². The highest BCUT2D eigenvalue weighted by Gasteiger charge is 2.34. The minimum absolute atomic E-state index is 0.0898. The monoisotopic (exact) mass is 354 g/mol. The number of benzene rings is 2. The molecule has 0 radical (unpaired) electrons. The molecule has 2 aromatic carbocycles. The van der Waals surface area contributed by atoms with E-state index in [0.29, 0.717) is 0 Å². The number of aromatic carboxylic acids is 2. The second kappa shape index (κ2) is 6.67. The average molecular weight is 354 g/mol. The molecule has 0 atom stereocenters. The first-order valence-corrected chi connectivity index (χ1v) is 7.65. The molecule has 0 saturated carbocycles. The first-order chi connectivity index (χ1) is 12.4. The van der Waals surface area contributed by atoms with Gasteiger partial charge >= 0.3 is 11.9 Å². The standard InChI is InChI=1S/C18H14N2O6/c21-15-10-20(14-8-4-2-6-12(14)18(25)26)16(22)9-19(15)13-7-3-1-5-11(13)17(23)24/h1-8H,9-10H2,(H,23,24)(H,25,26). The zero-order valence-electron chi connectivity index (χ0n) is 13.5. The van der Waals surface area contributed by atoms with E-state index in [1.165, 1.54) is 36.4 Å². The molecule has 1 fully saturated rings. The Morgan fingerprint density at radius 3 is 1.38 bits per heavy atom. The highest BCUT2D eigenvalue weighted by molar-refractivity contribution is 6.15. The van der Waals surface area contributed by atoms with Crippen molar-refractivity contribution in [1.29, 1.82) is 0 Å². The van der Waals surface area contributed by atoms with E-state index in [4.69, 9.17) is 0 Å². The minimum atomic E-state index is -1.21. The minimum Gasteiger partial charge on any atom is -0.478 e. The summed E-state index contributed by atoms with van der Waals surface area (Å²) in [6.45, 7) is -0.756. The van der Waals surface area contributed by atoms with Crippen molar-refractivity contribution in [2.75, 3.05) is 22.9 Å². The van der Waals surface area contributed by atoms with Gasteiger partial charge in [0.15, 0.2) is 0 Å². The number of rotatable bonds is 4. The summed E-state index contributed by atoms with van der Waals surface area (Å²) in [6.07, 6.45) is 0. The van der Waals surface area contributed by atoms with Crippen LogP contribution >= 0.6 is 0 Å². The highest BCUT2D eigenvalue weighted by Crippen LogP contribution is 2.27.